The zero-order chi connectivity index (χ0) is 37.7. The normalized spacial score (nSPS) is 21.9. The lowest BCUT2D eigenvalue weighted by Gasteiger charge is -2.40. The molecule has 1 aliphatic carbocycles. The summed E-state index contributed by atoms with van der Waals surface area (Å²) in [5, 5.41) is 9.04. The lowest BCUT2D eigenvalue weighted by molar-refractivity contribution is -0.136. The summed E-state index contributed by atoms with van der Waals surface area (Å²) in [4.78, 5) is 57.5. The number of rotatable bonds is 15. The van der Waals surface area contributed by atoms with E-state index in [-0.39, 0.29) is 36.2 Å². The summed E-state index contributed by atoms with van der Waals surface area (Å²) in [7, 11) is 0. The van der Waals surface area contributed by atoms with Crippen LogP contribution in [0.15, 0.2) is 64.6 Å². The van der Waals surface area contributed by atoms with Crippen molar-refractivity contribution in [3.8, 4) is 22.3 Å². The molecule has 13 nitrogen and oxygen atoms in total. The lowest BCUT2D eigenvalue weighted by Crippen LogP contribution is -2.54. The van der Waals surface area contributed by atoms with Crippen LogP contribution in [0.5, 0.6) is 11.5 Å². The number of likely N-dealkylation sites (tertiary alicyclic amines) is 1. The average Bonchev–Trinajstić information content (AvgIpc) is 3.94. The van der Waals surface area contributed by atoms with E-state index >= 15 is 0 Å². The number of amides is 4. The van der Waals surface area contributed by atoms with Gasteiger partial charge in [0.15, 0.2) is 10.8 Å². The number of thiazole rings is 1. The third-order valence-electron chi connectivity index (χ3n) is 10.6. The first-order valence-electron chi connectivity index (χ1n) is 19.0. The highest BCUT2D eigenvalue weighted by Gasteiger charge is 2.44. The molecule has 1 N–H and O–H groups in total. The number of nitrogens with zero attached hydrogens (tertiary/aromatic N) is 4. The fraction of sp³-hybridized carbons (Fsp3) is 0.415. The van der Waals surface area contributed by atoms with Crippen LogP contribution in [-0.2, 0) is 14.3 Å². The topological polar surface area (TPSA) is 153 Å². The van der Waals surface area contributed by atoms with E-state index in [1.165, 1.54) is 11.3 Å². The minimum Gasteiger partial charge on any atom is -0.494 e. The first-order valence-corrected chi connectivity index (χ1v) is 19.9. The Kier molecular flexibility index (Phi) is 11.2. The third-order valence-corrected chi connectivity index (χ3v) is 11.4. The Morgan fingerprint density at radius 3 is 2.44 bits per heavy atom. The first kappa shape index (κ1) is 36.8. The van der Waals surface area contributed by atoms with Gasteiger partial charge in [0.1, 0.15) is 29.3 Å². The van der Waals surface area contributed by atoms with Crippen LogP contribution in [0.3, 0.4) is 0 Å². The van der Waals surface area contributed by atoms with E-state index in [2.05, 4.69) is 20.4 Å². The van der Waals surface area contributed by atoms with Crippen molar-refractivity contribution in [2.24, 2.45) is 0 Å². The molecule has 4 aliphatic rings. The Labute approximate surface area is 322 Å². The number of aromatic nitrogens is 2. The molecule has 2 saturated heterocycles. The van der Waals surface area contributed by atoms with Crippen LogP contribution in [0.2, 0.25) is 0 Å². The molecule has 4 aromatic rings. The van der Waals surface area contributed by atoms with E-state index in [1.807, 2.05) is 47.9 Å². The van der Waals surface area contributed by atoms with Crippen molar-refractivity contribution in [2.75, 3.05) is 26.2 Å². The Morgan fingerprint density at radius 1 is 0.855 bits per heavy atom. The smallest absolute Gasteiger partial charge is 0.262 e. The average molecular weight is 766 g/mol. The van der Waals surface area contributed by atoms with Gasteiger partial charge < -0.3 is 23.6 Å². The maximum absolute atomic E-state index is 13.1. The maximum Gasteiger partial charge on any atom is 0.262 e. The van der Waals surface area contributed by atoms with Crippen LogP contribution in [-0.4, -0.2) is 94.2 Å². The van der Waals surface area contributed by atoms with Crippen molar-refractivity contribution < 1.29 is 37.9 Å². The highest BCUT2D eigenvalue weighted by molar-refractivity contribution is 7.13. The summed E-state index contributed by atoms with van der Waals surface area (Å²) in [6.45, 7) is 3.62. The van der Waals surface area contributed by atoms with Gasteiger partial charge in [-0.1, -0.05) is 23.4 Å². The molecule has 0 radical (unpaired) electrons. The van der Waals surface area contributed by atoms with Crippen LogP contribution in [0.1, 0.15) is 89.8 Å². The number of imide groups is 2. The summed E-state index contributed by atoms with van der Waals surface area (Å²) in [5.41, 5.74) is 2.27. The monoisotopic (exact) mass is 765 g/mol. The second kappa shape index (κ2) is 16.7. The number of hydrogen-bond donors (Lipinski definition) is 1. The van der Waals surface area contributed by atoms with E-state index < -0.39 is 29.7 Å². The summed E-state index contributed by atoms with van der Waals surface area (Å²) >= 11 is 1.52. The minimum absolute atomic E-state index is 0.0873. The number of ether oxygens (including phenoxy) is 3. The summed E-state index contributed by atoms with van der Waals surface area (Å²) in [5.74, 6) is -0.0207. The van der Waals surface area contributed by atoms with E-state index in [0.717, 1.165) is 91.5 Å². The van der Waals surface area contributed by atoms with Gasteiger partial charge >= 0.3 is 0 Å². The number of piperidine rings is 2. The van der Waals surface area contributed by atoms with Gasteiger partial charge in [-0.05, 0) is 87.0 Å². The molecular weight excluding hydrogens is 723 g/mol. The predicted molar refractivity (Wildman–Crippen MR) is 203 cm³/mol. The van der Waals surface area contributed by atoms with Crippen molar-refractivity contribution in [1.82, 2.24) is 25.3 Å². The molecule has 1 saturated carbocycles. The van der Waals surface area contributed by atoms with Gasteiger partial charge in [0.2, 0.25) is 11.8 Å². The molecular formula is C41H43N5O8S. The third kappa shape index (κ3) is 8.71. The second-order valence-corrected chi connectivity index (χ2v) is 15.3. The molecule has 3 aliphatic heterocycles. The Morgan fingerprint density at radius 2 is 1.65 bits per heavy atom. The molecule has 8 rings (SSSR count). The van der Waals surface area contributed by atoms with Crippen LogP contribution in [0.25, 0.3) is 22.9 Å². The van der Waals surface area contributed by atoms with Crippen molar-refractivity contribution in [3.05, 3.63) is 82.5 Å². The second-order valence-electron chi connectivity index (χ2n) is 14.4. The van der Waals surface area contributed by atoms with Gasteiger partial charge in [-0.3, -0.25) is 29.4 Å². The van der Waals surface area contributed by atoms with Gasteiger partial charge in [-0.25, -0.2) is 4.98 Å². The van der Waals surface area contributed by atoms with Crippen molar-refractivity contribution in [1.29, 1.82) is 0 Å². The number of carbonyl (C=O) groups is 4. The van der Waals surface area contributed by atoms with Crippen LogP contribution in [0, 0.1) is 0 Å². The van der Waals surface area contributed by atoms with E-state index in [9.17, 15) is 19.2 Å². The summed E-state index contributed by atoms with van der Waals surface area (Å²) < 4.78 is 23.9. The molecule has 14 heteroatoms. The number of unbranched alkanes of at least 4 members (excludes halogenated alkanes) is 2. The van der Waals surface area contributed by atoms with Crippen molar-refractivity contribution >= 4 is 47.1 Å². The van der Waals surface area contributed by atoms with Crippen LogP contribution < -0.4 is 14.8 Å². The molecule has 2 aromatic carbocycles. The Balaban J connectivity index is 0.674. The predicted octanol–water partition coefficient (Wildman–Crippen LogP) is 6.01. The zero-order valence-electron chi connectivity index (χ0n) is 30.4. The number of benzene rings is 2. The zero-order valence-corrected chi connectivity index (χ0v) is 31.2. The maximum atomic E-state index is 13.1. The number of carbonyl (C=O) groups excluding carboxylic acids is 4. The Hall–Kier alpha value is -5.18. The summed E-state index contributed by atoms with van der Waals surface area (Å²) in [6, 6.07) is 13.8. The standard InChI is InChI=1S/C41H43N5O8S/c47-37-13-12-35(38(48)43-37)46-40(49)33-11-10-30(25-34(33)41(46)50)51-20-3-1-2-17-45-18-14-29(15-19-45)53-32-23-31(24-32)52-28-8-5-26(6-9-28)4-7-27-22-36(54-44-27)39-42-16-21-55-39/h4-11,16,21-22,25,29,31-32,35H,1-3,12-15,17-20,23-24H2,(H,43,47,48)/b7-4+/t31-,32-,35?. The highest BCUT2D eigenvalue weighted by Crippen LogP contribution is 2.32. The van der Waals surface area contributed by atoms with Crippen molar-refractivity contribution in [3.63, 3.8) is 0 Å². The SMILES string of the molecule is O=C1CCC(N2C(=O)c3ccc(OCCCCCN4CCC(O[C@H]5C[C@H](Oc6ccc(/C=C/c7cc(-c8nccs8)on7)cc6)C5)CC4)cc3C2=O)C(=O)N1. The number of nitrogens with one attached hydrogen (secondary N) is 1. The molecule has 4 amide bonds. The molecule has 0 bridgehead atoms. The molecule has 1 unspecified atom stereocenters. The lowest BCUT2D eigenvalue weighted by atomic mass is 9.91. The fourth-order valence-electron chi connectivity index (χ4n) is 7.45. The molecule has 5 heterocycles. The molecule has 3 fully saturated rings. The highest BCUT2D eigenvalue weighted by atomic mass is 32.1. The van der Waals surface area contributed by atoms with Crippen LogP contribution >= 0.6 is 11.3 Å². The van der Waals surface area contributed by atoms with Gasteiger partial charge in [-0.15, -0.1) is 11.3 Å². The van der Waals surface area contributed by atoms with Gasteiger partial charge in [0, 0.05) is 50.0 Å². The Bertz CT molecular complexity index is 2030. The molecule has 1 atom stereocenters. The van der Waals surface area contributed by atoms with E-state index in [4.69, 9.17) is 18.7 Å². The van der Waals surface area contributed by atoms with Crippen molar-refractivity contribution in [2.45, 2.75) is 82.1 Å². The largest absolute Gasteiger partial charge is 0.494 e. The van der Waals surface area contributed by atoms with Crippen LogP contribution in [0.4, 0.5) is 0 Å². The quantitative estimate of drug-likeness (QED) is 0.112. The molecule has 55 heavy (non-hydrogen) atoms. The van der Waals surface area contributed by atoms with Gasteiger partial charge in [0.05, 0.1) is 29.9 Å². The van der Waals surface area contributed by atoms with Gasteiger partial charge in [0.25, 0.3) is 11.8 Å². The minimum atomic E-state index is -0.980. The number of hydrogen-bond acceptors (Lipinski definition) is 12. The van der Waals surface area contributed by atoms with E-state index in [0.29, 0.717) is 24.2 Å². The van der Waals surface area contributed by atoms with E-state index in [1.54, 1.807) is 24.4 Å². The molecule has 2 aromatic heterocycles. The molecule has 0 spiro atoms. The molecule has 286 valence electrons. The fourth-order valence-corrected chi connectivity index (χ4v) is 8.04. The number of fused-ring (bicyclic) bond motifs is 1. The summed E-state index contributed by atoms with van der Waals surface area (Å²) in [6.07, 6.45) is 13.5. The van der Waals surface area contributed by atoms with Gasteiger partial charge in [-0.2, -0.15) is 0 Å². The first-order chi connectivity index (χ1) is 26.9.